The Balaban J connectivity index is 0.000000192. The lowest BCUT2D eigenvalue weighted by molar-refractivity contribution is -0.0776. The molecule has 0 unspecified atom stereocenters. The first-order valence-corrected chi connectivity index (χ1v) is 12.1. The average molecular weight is 488 g/mol. The van der Waals surface area contributed by atoms with Crippen LogP contribution in [0.15, 0.2) is 45.2 Å². The molecule has 2 heterocycles. The van der Waals surface area contributed by atoms with Gasteiger partial charge in [0.25, 0.3) is 11.8 Å². The number of hydrogen-bond donors (Lipinski definition) is 0. The Morgan fingerprint density at radius 1 is 0.941 bits per heavy atom. The van der Waals surface area contributed by atoms with E-state index in [-0.39, 0.29) is 17.5 Å². The van der Waals surface area contributed by atoms with Crippen LogP contribution in [0.3, 0.4) is 0 Å². The second-order valence-corrected chi connectivity index (χ2v) is 9.92. The predicted molar refractivity (Wildman–Crippen MR) is 125 cm³/mol. The summed E-state index contributed by atoms with van der Waals surface area (Å²) in [4.78, 5) is 36.3. The summed E-state index contributed by atoms with van der Waals surface area (Å²) in [6, 6.07) is 10.9. The molecule has 0 aliphatic rings. The van der Waals surface area contributed by atoms with Crippen LogP contribution >= 0.6 is 0 Å². The van der Waals surface area contributed by atoms with E-state index in [9.17, 15) is 18.0 Å². The molecule has 0 fully saturated rings. The van der Waals surface area contributed by atoms with Crippen molar-refractivity contribution in [1.29, 1.82) is 0 Å². The fourth-order valence-electron chi connectivity index (χ4n) is 2.87. The van der Waals surface area contributed by atoms with Crippen molar-refractivity contribution < 1.29 is 31.7 Å². The number of sulfone groups is 1. The normalized spacial score (nSPS) is 11.3. The van der Waals surface area contributed by atoms with Crippen LogP contribution in [0, 0.1) is 13.8 Å². The van der Waals surface area contributed by atoms with E-state index in [1.54, 1.807) is 18.2 Å². The van der Waals surface area contributed by atoms with E-state index >= 15 is 0 Å². The minimum atomic E-state index is -3.36. The summed E-state index contributed by atoms with van der Waals surface area (Å²) < 4.78 is 33.3. The van der Waals surface area contributed by atoms with Crippen LogP contribution < -0.4 is 0 Å². The summed E-state index contributed by atoms with van der Waals surface area (Å²) in [7, 11) is -0.452. The number of hydrogen-bond acceptors (Lipinski definition) is 9. The molecule has 4 aromatic rings. The van der Waals surface area contributed by atoms with Gasteiger partial charge in [-0.3, -0.25) is 14.4 Å². The highest BCUT2D eigenvalue weighted by Gasteiger charge is 2.21. The number of aromatic nitrogens is 2. The minimum Gasteiger partial charge on any atom is -0.434 e. The molecule has 0 aliphatic heterocycles. The Morgan fingerprint density at radius 2 is 1.44 bits per heavy atom. The maximum atomic E-state index is 11.7. The zero-order chi connectivity index (χ0) is 25.0. The number of amides is 1. The van der Waals surface area contributed by atoms with E-state index in [2.05, 4.69) is 9.97 Å². The van der Waals surface area contributed by atoms with E-state index in [4.69, 9.17) is 13.7 Å². The zero-order valence-corrected chi connectivity index (χ0v) is 20.3. The van der Waals surface area contributed by atoms with Crippen molar-refractivity contribution in [1.82, 2.24) is 15.0 Å². The number of rotatable bonds is 6. The van der Waals surface area contributed by atoms with Gasteiger partial charge in [-0.15, -0.1) is 0 Å². The van der Waals surface area contributed by atoms with Gasteiger partial charge in [0, 0.05) is 12.8 Å². The van der Waals surface area contributed by atoms with E-state index in [0.717, 1.165) is 16.2 Å². The Morgan fingerprint density at radius 3 is 1.94 bits per heavy atom. The predicted octanol–water partition coefficient (Wildman–Crippen LogP) is 3.52. The number of fused-ring (bicyclic) bond motifs is 2. The summed E-state index contributed by atoms with van der Waals surface area (Å²) in [5.41, 5.74) is 4.38. The zero-order valence-electron chi connectivity index (χ0n) is 19.5. The summed E-state index contributed by atoms with van der Waals surface area (Å²) >= 11 is 0. The van der Waals surface area contributed by atoms with Crippen molar-refractivity contribution in [3.63, 3.8) is 0 Å². The quantitative estimate of drug-likeness (QED) is 0.296. The maximum absolute atomic E-state index is 11.7. The number of oxazole rings is 2. The molecular weight excluding hydrogens is 462 g/mol. The SMILES string of the molecule is CCS(=O)(=O)CC(=O)c1nc2cc(C)ccc2o1.CON(C)C(=O)c1nc2cc(C)ccc2o1. The minimum absolute atomic E-state index is 0.0324. The van der Waals surface area contributed by atoms with Gasteiger partial charge in [0.05, 0.1) is 7.11 Å². The molecule has 0 spiro atoms. The van der Waals surface area contributed by atoms with Crippen LogP contribution in [-0.2, 0) is 14.7 Å². The molecule has 0 bridgehead atoms. The van der Waals surface area contributed by atoms with Crippen LogP contribution in [0.2, 0.25) is 0 Å². The molecule has 0 aliphatic carbocycles. The van der Waals surface area contributed by atoms with Crippen molar-refractivity contribution in [3.8, 4) is 0 Å². The number of nitrogens with zero attached hydrogens (tertiary/aromatic N) is 3. The topological polar surface area (TPSA) is 133 Å². The van der Waals surface area contributed by atoms with E-state index < -0.39 is 27.3 Å². The Bertz CT molecular complexity index is 1450. The third-order valence-electron chi connectivity index (χ3n) is 4.86. The molecule has 34 heavy (non-hydrogen) atoms. The molecule has 0 saturated carbocycles. The first kappa shape index (κ1) is 25.1. The van der Waals surface area contributed by atoms with Crippen LogP contribution in [0.25, 0.3) is 22.2 Å². The van der Waals surface area contributed by atoms with E-state index in [1.807, 2.05) is 32.0 Å². The average Bonchev–Trinajstić information content (AvgIpc) is 3.41. The number of Topliss-reactive ketones (excluding diaryl/α,β-unsaturated/α-hetero) is 1. The molecule has 180 valence electrons. The fraction of sp³-hybridized carbons (Fsp3) is 0.304. The number of benzene rings is 2. The number of carbonyl (C=O) groups excluding carboxylic acids is 2. The van der Waals surface area contributed by atoms with Gasteiger partial charge >= 0.3 is 5.91 Å². The first-order chi connectivity index (χ1) is 16.0. The maximum Gasteiger partial charge on any atom is 0.332 e. The van der Waals surface area contributed by atoms with Gasteiger partial charge in [-0.2, -0.15) is 0 Å². The monoisotopic (exact) mass is 487 g/mol. The van der Waals surface area contributed by atoms with Gasteiger partial charge in [0.15, 0.2) is 21.0 Å². The molecule has 2 aromatic carbocycles. The summed E-state index contributed by atoms with van der Waals surface area (Å²) in [6.07, 6.45) is 0. The molecule has 10 nitrogen and oxygen atoms in total. The van der Waals surface area contributed by atoms with Crippen molar-refractivity contribution in [3.05, 3.63) is 59.3 Å². The molecule has 0 atom stereocenters. The second-order valence-electron chi connectivity index (χ2n) is 7.57. The van der Waals surface area contributed by atoms with Crippen LogP contribution in [0.5, 0.6) is 0 Å². The standard InChI is InChI=1S/C12H13NO4S.C11H12N2O3/c1-3-18(15,16)7-10(14)12-13-9-6-8(2)4-5-11(9)17-12;1-7-4-5-9-8(6-7)12-10(16-9)11(14)13(2)15-3/h4-6H,3,7H2,1-2H3;4-6H,1-3H3. The number of aryl methyl sites for hydroxylation is 2. The molecular formula is C23H25N3O7S. The van der Waals surface area contributed by atoms with Crippen molar-refractivity contribution >= 4 is 43.7 Å². The first-order valence-electron chi connectivity index (χ1n) is 10.3. The highest BCUT2D eigenvalue weighted by molar-refractivity contribution is 7.92. The Labute approximate surface area is 196 Å². The molecule has 4 rings (SSSR count). The van der Waals surface area contributed by atoms with Crippen molar-refractivity contribution in [2.45, 2.75) is 20.8 Å². The Kier molecular flexibility index (Phi) is 7.48. The highest BCUT2D eigenvalue weighted by atomic mass is 32.2. The third kappa shape index (κ3) is 5.86. The van der Waals surface area contributed by atoms with E-state index in [0.29, 0.717) is 22.2 Å². The Hall–Kier alpha value is -3.57. The van der Waals surface area contributed by atoms with Crippen molar-refractivity contribution in [2.75, 3.05) is 25.7 Å². The van der Waals surface area contributed by atoms with Crippen LogP contribution in [-0.4, -0.2) is 60.8 Å². The molecule has 1 amide bonds. The lowest BCUT2D eigenvalue weighted by atomic mass is 10.2. The second kappa shape index (κ2) is 10.1. The molecule has 2 aromatic heterocycles. The lowest BCUT2D eigenvalue weighted by Crippen LogP contribution is -2.25. The van der Waals surface area contributed by atoms with E-state index in [1.165, 1.54) is 21.1 Å². The van der Waals surface area contributed by atoms with Gasteiger partial charge in [-0.25, -0.2) is 23.4 Å². The van der Waals surface area contributed by atoms with Crippen LogP contribution in [0.4, 0.5) is 0 Å². The number of hydroxylamine groups is 2. The summed E-state index contributed by atoms with van der Waals surface area (Å²) in [6.45, 7) is 5.35. The lowest BCUT2D eigenvalue weighted by Gasteiger charge is -2.09. The molecule has 0 saturated heterocycles. The van der Waals surface area contributed by atoms with Crippen LogP contribution in [0.1, 0.15) is 39.4 Å². The van der Waals surface area contributed by atoms with Gasteiger partial charge in [0.2, 0.25) is 5.78 Å². The summed E-state index contributed by atoms with van der Waals surface area (Å²) in [5, 5.41) is 1.07. The highest BCUT2D eigenvalue weighted by Crippen LogP contribution is 2.18. The van der Waals surface area contributed by atoms with Gasteiger partial charge < -0.3 is 8.83 Å². The van der Waals surface area contributed by atoms with Gasteiger partial charge in [-0.05, 0) is 49.2 Å². The summed E-state index contributed by atoms with van der Waals surface area (Å²) in [5.74, 6) is -1.76. The fourth-order valence-corrected chi connectivity index (χ4v) is 3.59. The van der Waals surface area contributed by atoms with Gasteiger partial charge in [0.1, 0.15) is 16.8 Å². The third-order valence-corrected chi connectivity index (χ3v) is 6.44. The number of ketones is 1. The van der Waals surface area contributed by atoms with Gasteiger partial charge in [-0.1, -0.05) is 19.1 Å². The molecule has 0 N–H and O–H groups in total. The molecule has 0 radical (unpaired) electrons. The molecule has 11 heteroatoms. The number of carbonyl (C=O) groups is 2. The largest absolute Gasteiger partial charge is 0.434 e. The van der Waals surface area contributed by atoms with Crippen molar-refractivity contribution in [2.24, 2.45) is 0 Å². The smallest absolute Gasteiger partial charge is 0.332 e.